The van der Waals surface area contributed by atoms with Gasteiger partial charge in [-0.2, -0.15) is 20.4 Å². The van der Waals surface area contributed by atoms with Crippen molar-refractivity contribution in [2.45, 2.75) is 145 Å². The van der Waals surface area contributed by atoms with Crippen LogP contribution in [0.1, 0.15) is 189 Å². The summed E-state index contributed by atoms with van der Waals surface area (Å²) in [6.07, 6.45) is 15.8. The molecule has 11 N–H and O–H groups in total. The molecule has 0 aliphatic carbocycles. The summed E-state index contributed by atoms with van der Waals surface area (Å²) >= 11 is 0. The topological polar surface area (TPSA) is 548 Å². The number of allylic oxidation sites excluding steroid dienone is 1. The minimum Gasteiger partial charge on any atom is -0.480 e. The SMILES string of the molecule is C=CC(=O)CCCSSCC(=O)NC(CCC(=O)CN=C)C(=O)O.C=NCC(=O)CCSSCCCC.C=NCC(=O)CCSSCCCC(=O)c1ccc(NN=C)nc1.C=NCc1ccc(C(C)=O)cn1.C=NNc1ccc(C(=O)NC)cn1.C=NNc1ccc(C(=O)NC)cn1.C=NNc1ccc(C(C)=O)cc1.CCCOC.CNCCSSCC(C)=O.CNCCSSCCC(C)=O.CNCCSSCCOCCC(C)=O. The molecular formula is C99H156N22O17S12. The Hall–Kier alpha value is -9.30. The highest BCUT2D eigenvalue weighted by Crippen LogP contribution is 2.27. The number of carbonyl (C=O) groups excluding carboxylic acids is 13. The minimum absolute atomic E-state index is 0.0103. The number of carbonyl (C=O) groups is 14. The van der Waals surface area contributed by atoms with Crippen LogP contribution < -0.4 is 53.6 Å². The van der Waals surface area contributed by atoms with E-state index in [0.29, 0.717) is 115 Å². The van der Waals surface area contributed by atoms with Gasteiger partial charge in [-0.05, 0) is 194 Å². The fraction of sp³-hybridized carbons (Fsp3) is 0.495. The Bertz CT molecular complexity index is 4430. The predicted octanol–water partition coefficient (Wildman–Crippen LogP) is 17.2. The van der Waals surface area contributed by atoms with Crippen LogP contribution in [0.15, 0.2) is 151 Å². The van der Waals surface area contributed by atoms with Gasteiger partial charge in [0.25, 0.3) is 11.8 Å². The lowest BCUT2D eigenvalue weighted by Gasteiger charge is -2.13. The highest BCUT2D eigenvalue weighted by Gasteiger charge is 2.21. The number of anilines is 4. The molecule has 4 heterocycles. The van der Waals surface area contributed by atoms with E-state index in [0.717, 1.165) is 103 Å². The number of hydrogen-bond donors (Lipinski definition) is 11. The van der Waals surface area contributed by atoms with Crippen LogP contribution in [-0.4, -0.2) is 337 Å². The molecule has 5 aromatic rings. The molecule has 4 aromatic heterocycles. The maximum atomic E-state index is 12.0. The van der Waals surface area contributed by atoms with Crippen molar-refractivity contribution >= 4 is 288 Å². The number of Topliss-reactive ketones (excluding diaryl/α,β-unsaturated/α-hetero) is 9. The van der Waals surface area contributed by atoms with Gasteiger partial charge in [0.15, 0.2) is 40.5 Å². The molecule has 0 fully saturated rings. The quantitative estimate of drug-likeness (QED) is 0.00430. The first-order valence-corrected chi connectivity index (χ1v) is 61.7. The van der Waals surface area contributed by atoms with Crippen molar-refractivity contribution in [2.75, 3.05) is 192 Å². The van der Waals surface area contributed by atoms with Gasteiger partial charge in [-0.15, -0.1) is 0 Å². The van der Waals surface area contributed by atoms with Gasteiger partial charge in [0.2, 0.25) is 5.91 Å². The summed E-state index contributed by atoms with van der Waals surface area (Å²) < 4.78 is 9.97. The normalized spacial score (nSPS) is 9.90. The second kappa shape index (κ2) is 114. The Morgan fingerprint density at radius 1 is 0.393 bits per heavy atom. The van der Waals surface area contributed by atoms with Crippen molar-refractivity contribution < 1.29 is 81.7 Å². The molecule has 836 valence electrons. The van der Waals surface area contributed by atoms with Gasteiger partial charge in [-0.3, -0.25) is 109 Å². The molecule has 0 aliphatic heterocycles. The molecule has 39 nitrogen and oxygen atoms in total. The van der Waals surface area contributed by atoms with Crippen molar-refractivity contribution in [1.29, 1.82) is 0 Å². The number of aliphatic carboxylic acids is 1. The number of carboxylic acids is 1. The first kappa shape index (κ1) is 151. The number of nitrogens with zero attached hydrogens (tertiary/aromatic N) is 12. The van der Waals surface area contributed by atoms with E-state index in [1.54, 1.807) is 186 Å². The van der Waals surface area contributed by atoms with Crippen LogP contribution in [0.3, 0.4) is 0 Å². The maximum Gasteiger partial charge on any atom is 0.326 e. The van der Waals surface area contributed by atoms with E-state index >= 15 is 0 Å². The van der Waals surface area contributed by atoms with Gasteiger partial charge in [0, 0.05) is 218 Å². The van der Waals surface area contributed by atoms with E-state index in [9.17, 15) is 67.1 Å². The van der Waals surface area contributed by atoms with Gasteiger partial charge in [-0.1, -0.05) is 156 Å². The summed E-state index contributed by atoms with van der Waals surface area (Å²) in [6.45, 7) is 48.0. The average molecular weight is 2310 g/mol. The van der Waals surface area contributed by atoms with Gasteiger partial charge in [0.1, 0.15) is 40.8 Å². The smallest absolute Gasteiger partial charge is 0.326 e. The van der Waals surface area contributed by atoms with Crippen LogP contribution in [0, 0.1) is 0 Å². The molecule has 0 saturated heterocycles. The summed E-state index contributed by atoms with van der Waals surface area (Å²) in [6, 6.07) is 19.5. The first-order chi connectivity index (χ1) is 72.1. The Morgan fingerprint density at radius 3 is 1.17 bits per heavy atom. The number of nitrogens with one attached hydrogen (secondary N) is 10. The third-order valence-corrected chi connectivity index (χ3v) is 31.1. The van der Waals surface area contributed by atoms with Gasteiger partial charge >= 0.3 is 5.97 Å². The molecule has 0 bridgehead atoms. The van der Waals surface area contributed by atoms with E-state index in [-0.39, 0.29) is 108 Å². The standard InChI is InChI=1S/C15H20N4O2S2.C15H22N2O5S2.2C9H10N2O.C9H19NO2S2.C9H17NOS2.2C8H10N4O.C7H15NOS2.C6H13NOS2.C4H10O/c1-16-11-13(20)7-9-23-22-8-3-4-14(21)12-5-6-15(18-10-12)19-17-2;1-3-11(18)5-4-8-23-24-10-14(20)17-13(15(21)22)7-6-12(19)9-16-2;1-7(12)8-3-5-9(6-4-8)11-10-2;1-7(12)8-3-4-9(6-10-2)11-5-8;1-9(11)3-5-12-6-8-14-13-7-4-10-2;1-3-4-6-12-13-7-5-9(11)8-10-2;2*1-9-8(13)6-3-4-7(11-5-6)12-10-2;1-7(9)3-5-10-11-6-4-8-2;1-6(8)5-10-9-4-3-7-2;1-3-4-5-2/h5-6,10H,1-4,7-9,11H2,(H,18,19);3,13H,1-2,4-10H2,(H,17,20)(H,21,22);3-6,11H,2H2,1H3;3-5H,2,6H2,1H3;10H,3-8H2,1-2H3;2-8H2,1H3;2*3-5H,2H2,1H3,(H,9,13)(H,11,12);8H,3-6H2,1-2H3;7H,3-5H2,1-2H3;3-4H2,1-2H3. The molecule has 150 heavy (non-hydrogen) atoms. The van der Waals surface area contributed by atoms with Crippen LogP contribution in [0.5, 0.6) is 0 Å². The molecule has 1 atom stereocenters. The van der Waals surface area contributed by atoms with Crippen LogP contribution in [-0.2, 0) is 59.2 Å². The molecule has 0 spiro atoms. The van der Waals surface area contributed by atoms with E-state index in [4.69, 9.17) is 14.6 Å². The minimum atomic E-state index is -1.18. The predicted molar refractivity (Wildman–Crippen MR) is 651 cm³/mol. The number of carboxylic acid groups (broad SMARTS) is 1. The third kappa shape index (κ3) is 104. The maximum absolute atomic E-state index is 12.0. The van der Waals surface area contributed by atoms with Gasteiger partial charge in [0.05, 0.1) is 73.4 Å². The molecule has 0 aliphatic rings. The lowest BCUT2D eigenvalue weighted by molar-refractivity contribution is -0.141. The highest BCUT2D eigenvalue weighted by atomic mass is 33.1. The number of amides is 3. The Balaban J connectivity index is -0.000000387. The number of hydrogen-bond acceptors (Lipinski definition) is 47. The van der Waals surface area contributed by atoms with E-state index in [1.165, 1.54) is 78.7 Å². The van der Waals surface area contributed by atoms with Gasteiger partial charge < -0.3 is 46.5 Å². The third-order valence-electron chi connectivity index (χ3n) is 16.5. The van der Waals surface area contributed by atoms with Crippen molar-refractivity contribution in [3.63, 3.8) is 0 Å². The fourth-order valence-electron chi connectivity index (χ4n) is 8.87. The van der Waals surface area contributed by atoms with Crippen molar-refractivity contribution in [3.05, 3.63) is 144 Å². The number of hydrazone groups is 4. The number of benzene rings is 1. The van der Waals surface area contributed by atoms with Crippen LogP contribution in [0.4, 0.5) is 23.1 Å². The van der Waals surface area contributed by atoms with Crippen molar-refractivity contribution in [1.82, 2.24) is 51.8 Å². The summed E-state index contributed by atoms with van der Waals surface area (Å²) in [5.41, 5.74) is 15.0. The Labute approximate surface area is 934 Å². The second-order valence-corrected chi connectivity index (χ2v) is 45.3. The average Bonchev–Trinajstić information content (AvgIpc) is 0.912. The monoisotopic (exact) mass is 2310 g/mol. The molecular weight excluding hydrogens is 2150 g/mol. The number of aliphatic imine (C=N–C) groups is 4. The lowest BCUT2D eigenvalue weighted by atomic mass is 10.1. The number of unbranched alkanes of at least 4 members (excludes halogenated alkanes) is 1. The number of ketones is 10. The van der Waals surface area contributed by atoms with Crippen LogP contribution in [0.2, 0.25) is 0 Å². The summed E-state index contributed by atoms with van der Waals surface area (Å²) in [5.74, 6) is 11.2. The fourth-order valence-corrected chi connectivity index (χ4v) is 21.2. The molecule has 1 unspecified atom stereocenters. The second-order valence-electron chi connectivity index (χ2n) is 29.3. The highest BCUT2D eigenvalue weighted by molar-refractivity contribution is 8.78. The number of ether oxygens (including phenoxy) is 2. The molecule has 5 rings (SSSR count). The van der Waals surface area contributed by atoms with Gasteiger partial charge in [-0.25, -0.2) is 19.7 Å². The van der Waals surface area contributed by atoms with Crippen molar-refractivity contribution in [2.24, 2.45) is 40.4 Å². The zero-order valence-electron chi connectivity index (χ0n) is 88.7. The van der Waals surface area contributed by atoms with E-state index < -0.39 is 17.9 Å². The Morgan fingerprint density at radius 2 is 0.793 bits per heavy atom. The summed E-state index contributed by atoms with van der Waals surface area (Å²) in [7, 11) is 31.0. The van der Waals surface area contributed by atoms with Crippen LogP contribution in [0.25, 0.3) is 0 Å². The molecule has 0 radical (unpaired) electrons. The molecule has 3 amide bonds. The zero-order valence-corrected chi connectivity index (χ0v) is 98.5. The molecule has 51 heteroatoms. The summed E-state index contributed by atoms with van der Waals surface area (Å²) in [4.78, 5) is 185. The number of methoxy groups -OCH3 is 1. The van der Waals surface area contributed by atoms with E-state index in [1.807, 2.05) is 64.3 Å². The Kier molecular flexibility index (Phi) is 115. The van der Waals surface area contributed by atoms with Crippen LogP contribution >= 0.6 is 130 Å². The van der Waals surface area contributed by atoms with E-state index in [2.05, 4.69) is 188 Å². The zero-order chi connectivity index (χ0) is 114. The summed E-state index contributed by atoms with van der Waals surface area (Å²) in [5, 5.41) is 39.5. The van der Waals surface area contributed by atoms with Crippen molar-refractivity contribution in [3.8, 4) is 0 Å². The number of pyridine rings is 4. The number of aromatic nitrogens is 4. The first-order valence-electron chi connectivity index (χ1n) is 46.8. The molecule has 1 aromatic carbocycles. The number of rotatable bonds is 74. The lowest BCUT2D eigenvalue weighted by Crippen LogP contribution is -2.41. The largest absolute Gasteiger partial charge is 0.480 e. The molecule has 0 saturated carbocycles.